The van der Waals surface area contributed by atoms with Crippen LogP contribution in [0.1, 0.15) is 27.4 Å². The number of methoxy groups -OCH3 is 2. The molecule has 0 unspecified atom stereocenters. The van der Waals surface area contributed by atoms with E-state index in [-0.39, 0.29) is 23.7 Å². The summed E-state index contributed by atoms with van der Waals surface area (Å²) in [5.74, 6) is 0.911. The van der Waals surface area contributed by atoms with Crippen LogP contribution in [-0.4, -0.2) is 56.0 Å². The van der Waals surface area contributed by atoms with E-state index in [9.17, 15) is 9.59 Å². The second-order valence-corrected chi connectivity index (χ2v) is 8.61. The van der Waals surface area contributed by atoms with E-state index in [0.29, 0.717) is 30.9 Å². The maximum atomic E-state index is 13.6. The fraction of sp³-hybridized carbons (Fsp3) is 0.286. The molecule has 1 fully saturated rings. The number of carbonyl (C=O) groups excluding carboxylic acids is 2. The number of amides is 2. The number of hydrogen-bond acceptors (Lipinski definition) is 4. The van der Waals surface area contributed by atoms with E-state index in [0.717, 1.165) is 16.9 Å². The van der Waals surface area contributed by atoms with E-state index >= 15 is 0 Å². The van der Waals surface area contributed by atoms with Gasteiger partial charge in [0, 0.05) is 38.2 Å². The smallest absolute Gasteiger partial charge is 0.253 e. The predicted molar refractivity (Wildman–Crippen MR) is 131 cm³/mol. The van der Waals surface area contributed by atoms with Crippen molar-refractivity contribution in [1.29, 1.82) is 0 Å². The summed E-state index contributed by atoms with van der Waals surface area (Å²) < 4.78 is 10.6. The van der Waals surface area contributed by atoms with Crippen molar-refractivity contribution in [2.75, 3.05) is 34.4 Å². The van der Waals surface area contributed by atoms with Gasteiger partial charge in [0.15, 0.2) is 0 Å². The Hall–Kier alpha value is -3.80. The lowest BCUT2D eigenvalue weighted by atomic mass is 9.88. The molecule has 2 amide bonds. The SMILES string of the molecule is COc1ccc(C(=O)N2C[C@H](C(=O)N(C)Cc3ccccc3)[C@H](c3cccc(OC)c3)C2)cc1. The molecule has 1 saturated heterocycles. The molecule has 0 N–H and O–H groups in total. The summed E-state index contributed by atoms with van der Waals surface area (Å²) in [6.07, 6.45) is 0. The summed E-state index contributed by atoms with van der Waals surface area (Å²) in [6.45, 7) is 1.35. The molecule has 0 aromatic heterocycles. The van der Waals surface area contributed by atoms with Crippen molar-refractivity contribution in [2.45, 2.75) is 12.5 Å². The van der Waals surface area contributed by atoms with Gasteiger partial charge in [-0.15, -0.1) is 0 Å². The molecular weight excluding hydrogens is 428 g/mol. The molecule has 0 saturated carbocycles. The molecule has 3 aromatic rings. The lowest BCUT2D eigenvalue weighted by molar-refractivity contribution is -0.134. The Morgan fingerprint density at radius 1 is 0.882 bits per heavy atom. The van der Waals surface area contributed by atoms with Crippen LogP contribution >= 0.6 is 0 Å². The third kappa shape index (κ3) is 5.06. The molecule has 0 radical (unpaired) electrons. The maximum absolute atomic E-state index is 13.6. The largest absolute Gasteiger partial charge is 0.497 e. The molecule has 0 bridgehead atoms. The van der Waals surface area contributed by atoms with Crippen LogP contribution in [0.4, 0.5) is 0 Å². The summed E-state index contributed by atoms with van der Waals surface area (Å²) in [5.41, 5.74) is 2.65. The number of nitrogens with zero attached hydrogens (tertiary/aromatic N) is 2. The lowest BCUT2D eigenvalue weighted by Gasteiger charge is -2.25. The molecule has 4 rings (SSSR count). The zero-order chi connectivity index (χ0) is 24.1. The van der Waals surface area contributed by atoms with Crippen LogP contribution in [0.3, 0.4) is 0 Å². The zero-order valence-corrected chi connectivity index (χ0v) is 19.8. The fourth-order valence-corrected chi connectivity index (χ4v) is 4.56. The minimum atomic E-state index is -0.344. The zero-order valence-electron chi connectivity index (χ0n) is 19.8. The Morgan fingerprint density at radius 3 is 2.26 bits per heavy atom. The summed E-state index contributed by atoms with van der Waals surface area (Å²) in [5, 5.41) is 0. The van der Waals surface area contributed by atoms with Crippen molar-refractivity contribution in [2.24, 2.45) is 5.92 Å². The molecule has 1 aliphatic heterocycles. The van der Waals surface area contributed by atoms with E-state index in [4.69, 9.17) is 9.47 Å². The summed E-state index contributed by atoms with van der Waals surface area (Å²) >= 11 is 0. The van der Waals surface area contributed by atoms with Gasteiger partial charge in [-0.2, -0.15) is 0 Å². The van der Waals surface area contributed by atoms with Gasteiger partial charge in [0.25, 0.3) is 5.91 Å². The lowest BCUT2D eigenvalue weighted by Crippen LogP contribution is -2.36. The quantitative estimate of drug-likeness (QED) is 0.532. The normalized spacial score (nSPS) is 17.3. The van der Waals surface area contributed by atoms with E-state index in [1.807, 2.05) is 61.6 Å². The average molecular weight is 459 g/mol. The Balaban J connectivity index is 1.59. The van der Waals surface area contributed by atoms with Crippen LogP contribution < -0.4 is 9.47 Å². The Labute approximate surface area is 200 Å². The van der Waals surface area contributed by atoms with Gasteiger partial charge in [-0.3, -0.25) is 9.59 Å². The van der Waals surface area contributed by atoms with Crippen molar-refractivity contribution in [3.8, 4) is 11.5 Å². The van der Waals surface area contributed by atoms with Gasteiger partial charge >= 0.3 is 0 Å². The van der Waals surface area contributed by atoms with Crippen LogP contribution in [0.15, 0.2) is 78.9 Å². The van der Waals surface area contributed by atoms with Gasteiger partial charge in [-0.1, -0.05) is 42.5 Å². The maximum Gasteiger partial charge on any atom is 0.253 e. The van der Waals surface area contributed by atoms with Gasteiger partial charge < -0.3 is 19.3 Å². The molecule has 3 aromatic carbocycles. The topological polar surface area (TPSA) is 59.1 Å². The molecule has 6 heteroatoms. The summed E-state index contributed by atoms with van der Waals surface area (Å²) in [7, 11) is 5.05. The van der Waals surface area contributed by atoms with Crippen LogP contribution in [-0.2, 0) is 11.3 Å². The van der Waals surface area contributed by atoms with Gasteiger partial charge in [0.05, 0.1) is 20.1 Å². The van der Waals surface area contributed by atoms with E-state index in [1.54, 1.807) is 48.3 Å². The third-order valence-corrected chi connectivity index (χ3v) is 6.42. The highest BCUT2D eigenvalue weighted by Crippen LogP contribution is 2.36. The highest BCUT2D eigenvalue weighted by atomic mass is 16.5. The van der Waals surface area contributed by atoms with Crippen molar-refractivity contribution >= 4 is 11.8 Å². The molecule has 1 aliphatic rings. The van der Waals surface area contributed by atoms with Crippen molar-refractivity contribution in [3.05, 3.63) is 95.6 Å². The molecule has 0 spiro atoms. The van der Waals surface area contributed by atoms with Crippen LogP contribution in [0.5, 0.6) is 11.5 Å². The molecule has 0 aliphatic carbocycles. The minimum Gasteiger partial charge on any atom is -0.497 e. The van der Waals surface area contributed by atoms with E-state index in [2.05, 4.69) is 0 Å². The first kappa shape index (κ1) is 23.4. The highest BCUT2D eigenvalue weighted by Gasteiger charge is 2.41. The molecular formula is C28H30N2O4. The number of rotatable bonds is 7. The van der Waals surface area contributed by atoms with Crippen LogP contribution in [0.25, 0.3) is 0 Å². The second-order valence-electron chi connectivity index (χ2n) is 8.61. The summed E-state index contributed by atoms with van der Waals surface area (Å²) in [4.78, 5) is 30.5. The fourth-order valence-electron chi connectivity index (χ4n) is 4.56. The molecule has 6 nitrogen and oxygen atoms in total. The third-order valence-electron chi connectivity index (χ3n) is 6.42. The Morgan fingerprint density at radius 2 is 1.59 bits per heavy atom. The number of likely N-dealkylation sites (tertiary alicyclic amines) is 1. The van der Waals surface area contributed by atoms with Crippen molar-refractivity contribution in [3.63, 3.8) is 0 Å². The number of ether oxygens (including phenoxy) is 2. The number of hydrogen-bond donors (Lipinski definition) is 0. The first-order valence-corrected chi connectivity index (χ1v) is 11.4. The number of benzene rings is 3. The average Bonchev–Trinajstić information content (AvgIpc) is 3.34. The van der Waals surface area contributed by atoms with Crippen molar-refractivity contribution in [1.82, 2.24) is 9.80 Å². The molecule has 2 atom stereocenters. The standard InChI is InChI=1S/C28H30N2O4/c1-29(17-20-8-5-4-6-9-20)28(32)26-19-30(27(31)21-12-14-23(33-2)15-13-21)18-25(26)22-10-7-11-24(16-22)34-3/h4-16,25-26H,17-19H2,1-3H3/t25-,26-/m0/s1. The second kappa shape index (κ2) is 10.4. The van der Waals surface area contributed by atoms with Gasteiger partial charge in [0.2, 0.25) is 5.91 Å². The first-order valence-electron chi connectivity index (χ1n) is 11.4. The predicted octanol–water partition coefficient (Wildman–Crippen LogP) is 4.22. The van der Waals surface area contributed by atoms with Gasteiger partial charge in [0.1, 0.15) is 11.5 Å². The van der Waals surface area contributed by atoms with E-state index < -0.39 is 0 Å². The monoisotopic (exact) mass is 458 g/mol. The van der Waals surface area contributed by atoms with E-state index in [1.165, 1.54) is 0 Å². The minimum absolute atomic E-state index is 0.0294. The Bertz CT molecular complexity index is 1130. The van der Waals surface area contributed by atoms with Crippen LogP contribution in [0, 0.1) is 5.92 Å². The molecule has 176 valence electrons. The van der Waals surface area contributed by atoms with Gasteiger partial charge in [-0.25, -0.2) is 0 Å². The molecule has 1 heterocycles. The summed E-state index contributed by atoms with van der Waals surface area (Å²) in [6, 6.07) is 24.8. The highest BCUT2D eigenvalue weighted by molar-refractivity contribution is 5.95. The molecule has 34 heavy (non-hydrogen) atoms. The Kier molecular flexibility index (Phi) is 7.16. The first-order chi connectivity index (χ1) is 16.5. The van der Waals surface area contributed by atoms with Crippen LogP contribution in [0.2, 0.25) is 0 Å². The van der Waals surface area contributed by atoms with Crippen molar-refractivity contribution < 1.29 is 19.1 Å². The van der Waals surface area contributed by atoms with Gasteiger partial charge in [-0.05, 0) is 47.5 Å². The number of carbonyl (C=O) groups is 2.